The summed E-state index contributed by atoms with van der Waals surface area (Å²) in [7, 11) is 1.59. The van der Waals surface area contributed by atoms with Gasteiger partial charge in [0.2, 0.25) is 0 Å². The number of hydrogen-bond donors (Lipinski definition) is 2. The molecule has 0 aromatic carbocycles. The van der Waals surface area contributed by atoms with E-state index in [0.717, 1.165) is 5.69 Å². The zero-order valence-electron chi connectivity index (χ0n) is 12.0. The molecule has 0 saturated carbocycles. The molecule has 106 valence electrons. The number of carbonyl (C=O) groups is 1. The first kappa shape index (κ1) is 15.4. The third kappa shape index (κ3) is 4.48. The van der Waals surface area contributed by atoms with E-state index in [2.05, 4.69) is 15.3 Å². The Morgan fingerprint density at radius 1 is 1.47 bits per heavy atom. The fourth-order valence-corrected chi connectivity index (χ4v) is 1.41. The SMILES string of the molecule is COCc1cc(N[C@H](C)C(=O)O)nc(C(C)(C)C)n1. The number of nitrogens with one attached hydrogen (secondary N) is 1. The minimum absolute atomic E-state index is 0.216. The van der Waals surface area contributed by atoms with Gasteiger partial charge in [-0.1, -0.05) is 20.8 Å². The first-order chi connectivity index (χ1) is 8.74. The fraction of sp³-hybridized carbons (Fsp3) is 0.615. The van der Waals surface area contributed by atoms with E-state index in [1.807, 2.05) is 20.8 Å². The molecule has 0 unspecified atom stereocenters. The molecular formula is C13H21N3O3. The van der Waals surface area contributed by atoms with Gasteiger partial charge in [0.15, 0.2) is 0 Å². The molecule has 1 aromatic heterocycles. The summed E-state index contributed by atoms with van der Waals surface area (Å²) in [5, 5.41) is 11.8. The van der Waals surface area contributed by atoms with Crippen molar-refractivity contribution in [1.29, 1.82) is 0 Å². The second-order valence-corrected chi connectivity index (χ2v) is 5.46. The lowest BCUT2D eigenvalue weighted by Gasteiger charge is -2.19. The van der Waals surface area contributed by atoms with Gasteiger partial charge < -0.3 is 15.2 Å². The van der Waals surface area contributed by atoms with Crippen LogP contribution in [0.25, 0.3) is 0 Å². The lowest BCUT2D eigenvalue weighted by Crippen LogP contribution is -2.27. The van der Waals surface area contributed by atoms with Crippen molar-refractivity contribution in [3.8, 4) is 0 Å². The second kappa shape index (κ2) is 5.97. The Morgan fingerprint density at radius 2 is 2.11 bits per heavy atom. The maximum absolute atomic E-state index is 10.9. The maximum atomic E-state index is 10.9. The van der Waals surface area contributed by atoms with Crippen LogP contribution in [0.15, 0.2) is 6.07 Å². The zero-order valence-corrected chi connectivity index (χ0v) is 12.0. The molecule has 1 atom stereocenters. The Balaban J connectivity index is 3.09. The van der Waals surface area contributed by atoms with Gasteiger partial charge in [0, 0.05) is 18.6 Å². The molecule has 6 nitrogen and oxygen atoms in total. The highest BCUT2D eigenvalue weighted by Crippen LogP contribution is 2.21. The van der Waals surface area contributed by atoms with Crippen molar-refractivity contribution in [1.82, 2.24) is 9.97 Å². The van der Waals surface area contributed by atoms with Crippen LogP contribution in [-0.2, 0) is 21.6 Å². The van der Waals surface area contributed by atoms with Crippen LogP contribution >= 0.6 is 0 Å². The Hall–Kier alpha value is -1.69. The van der Waals surface area contributed by atoms with Crippen LogP contribution in [0.4, 0.5) is 5.82 Å². The summed E-state index contributed by atoms with van der Waals surface area (Å²) in [6.07, 6.45) is 0. The molecule has 1 heterocycles. The van der Waals surface area contributed by atoms with Crippen molar-refractivity contribution in [2.75, 3.05) is 12.4 Å². The van der Waals surface area contributed by atoms with Crippen LogP contribution in [0, 0.1) is 0 Å². The van der Waals surface area contributed by atoms with Crippen molar-refractivity contribution in [3.63, 3.8) is 0 Å². The summed E-state index contributed by atoms with van der Waals surface area (Å²) in [4.78, 5) is 19.7. The highest BCUT2D eigenvalue weighted by atomic mass is 16.5. The van der Waals surface area contributed by atoms with Gasteiger partial charge in [0.05, 0.1) is 12.3 Å². The summed E-state index contributed by atoms with van der Waals surface area (Å²) in [5.41, 5.74) is 0.509. The number of carboxylic acid groups (broad SMARTS) is 1. The van der Waals surface area contributed by atoms with Crippen LogP contribution in [0.1, 0.15) is 39.2 Å². The van der Waals surface area contributed by atoms with E-state index >= 15 is 0 Å². The van der Waals surface area contributed by atoms with Crippen molar-refractivity contribution >= 4 is 11.8 Å². The molecule has 0 aliphatic heterocycles. The fourth-order valence-electron chi connectivity index (χ4n) is 1.41. The van der Waals surface area contributed by atoms with Gasteiger partial charge in [0.25, 0.3) is 0 Å². The molecule has 0 bridgehead atoms. The summed E-state index contributed by atoms with van der Waals surface area (Å²) in [6.45, 7) is 7.94. The topological polar surface area (TPSA) is 84.3 Å². The average Bonchev–Trinajstić information content (AvgIpc) is 2.27. The van der Waals surface area contributed by atoms with E-state index in [1.54, 1.807) is 20.1 Å². The first-order valence-corrected chi connectivity index (χ1v) is 6.10. The van der Waals surface area contributed by atoms with Gasteiger partial charge in [-0.05, 0) is 6.92 Å². The quantitative estimate of drug-likeness (QED) is 0.846. The largest absolute Gasteiger partial charge is 0.480 e. The number of carboxylic acids is 1. The second-order valence-electron chi connectivity index (χ2n) is 5.46. The number of nitrogens with zero attached hydrogens (tertiary/aromatic N) is 2. The van der Waals surface area contributed by atoms with Crippen LogP contribution in [0.3, 0.4) is 0 Å². The minimum Gasteiger partial charge on any atom is -0.480 e. The molecule has 6 heteroatoms. The molecule has 0 amide bonds. The Labute approximate surface area is 113 Å². The van der Waals surface area contributed by atoms with E-state index in [1.165, 1.54) is 0 Å². The third-order valence-electron chi connectivity index (χ3n) is 2.48. The molecule has 1 aromatic rings. The Bertz CT molecular complexity index is 455. The van der Waals surface area contributed by atoms with Gasteiger partial charge in [-0.15, -0.1) is 0 Å². The normalized spacial score (nSPS) is 13.1. The number of ether oxygens (including phenoxy) is 1. The van der Waals surface area contributed by atoms with Crippen LogP contribution in [0.2, 0.25) is 0 Å². The summed E-state index contributed by atoms with van der Waals surface area (Å²) in [5.74, 6) is 0.230. The van der Waals surface area contributed by atoms with Gasteiger partial charge in [-0.2, -0.15) is 0 Å². The number of rotatable bonds is 5. The lowest BCUT2D eigenvalue weighted by atomic mass is 9.95. The number of anilines is 1. The van der Waals surface area contributed by atoms with E-state index in [4.69, 9.17) is 9.84 Å². The molecule has 0 radical (unpaired) electrons. The molecule has 0 aliphatic carbocycles. The Kier molecular flexibility index (Phi) is 4.83. The highest BCUT2D eigenvalue weighted by Gasteiger charge is 2.20. The summed E-state index contributed by atoms with van der Waals surface area (Å²) in [6, 6.07) is 0.996. The van der Waals surface area contributed by atoms with Crippen LogP contribution in [0.5, 0.6) is 0 Å². The molecule has 0 aliphatic rings. The van der Waals surface area contributed by atoms with Crippen molar-refractivity contribution in [2.45, 2.75) is 45.8 Å². The van der Waals surface area contributed by atoms with Crippen molar-refractivity contribution < 1.29 is 14.6 Å². The predicted molar refractivity (Wildman–Crippen MR) is 72.2 cm³/mol. The predicted octanol–water partition coefficient (Wildman–Crippen LogP) is 1.81. The number of hydrogen-bond acceptors (Lipinski definition) is 5. The van der Waals surface area contributed by atoms with Crippen LogP contribution in [-0.4, -0.2) is 34.2 Å². The molecule has 0 fully saturated rings. The van der Waals surface area contributed by atoms with Gasteiger partial charge in [-0.25, -0.2) is 9.97 Å². The van der Waals surface area contributed by atoms with E-state index in [9.17, 15) is 4.79 Å². The molecule has 19 heavy (non-hydrogen) atoms. The average molecular weight is 267 g/mol. The summed E-state index contributed by atoms with van der Waals surface area (Å²) < 4.78 is 5.07. The lowest BCUT2D eigenvalue weighted by molar-refractivity contribution is -0.137. The number of aliphatic carboxylic acids is 1. The van der Waals surface area contributed by atoms with Crippen LogP contribution < -0.4 is 5.32 Å². The zero-order chi connectivity index (χ0) is 14.6. The molecule has 2 N–H and O–H groups in total. The monoisotopic (exact) mass is 267 g/mol. The van der Waals surface area contributed by atoms with E-state index in [0.29, 0.717) is 18.2 Å². The maximum Gasteiger partial charge on any atom is 0.325 e. The van der Waals surface area contributed by atoms with Gasteiger partial charge in [0.1, 0.15) is 17.7 Å². The molecular weight excluding hydrogens is 246 g/mol. The van der Waals surface area contributed by atoms with Gasteiger partial charge in [-0.3, -0.25) is 4.79 Å². The third-order valence-corrected chi connectivity index (χ3v) is 2.48. The number of methoxy groups -OCH3 is 1. The van der Waals surface area contributed by atoms with Crippen molar-refractivity contribution in [2.24, 2.45) is 0 Å². The van der Waals surface area contributed by atoms with Gasteiger partial charge >= 0.3 is 5.97 Å². The highest BCUT2D eigenvalue weighted by molar-refractivity contribution is 5.76. The summed E-state index contributed by atoms with van der Waals surface area (Å²) >= 11 is 0. The smallest absolute Gasteiger partial charge is 0.325 e. The van der Waals surface area contributed by atoms with E-state index < -0.39 is 12.0 Å². The molecule has 0 saturated heterocycles. The van der Waals surface area contributed by atoms with E-state index in [-0.39, 0.29) is 5.41 Å². The molecule has 0 spiro atoms. The first-order valence-electron chi connectivity index (χ1n) is 6.10. The standard InChI is InChI=1S/C13H21N3O3/c1-8(11(17)18)14-10-6-9(7-19-5)15-12(16-10)13(2,3)4/h6,8H,7H2,1-5H3,(H,17,18)(H,14,15,16)/t8-/m1/s1. The molecule has 1 rings (SSSR count). The van der Waals surface area contributed by atoms with Crippen molar-refractivity contribution in [3.05, 3.63) is 17.6 Å². The minimum atomic E-state index is -0.927. The Morgan fingerprint density at radius 3 is 2.58 bits per heavy atom. The number of aromatic nitrogens is 2.